The molecule has 0 bridgehead atoms. The Kier molecular flexibility index (Phi) is 1.90. The van der Waals surface area contributed by atoms with Crippen molar-refractivity contribution in [1.29, 1.82) is 5.26 Å². The molecule has 14 heavy (non-hydrogen) atoms. The van der Waals surface area contributed by atoms with E-state index in [1.807, 2.05) is 0 Å². The van der Waals surface area contributed by atoms with Gasteiger partial charge in [0, 0.05) is 5.41 Å². The second-order valence-electron chi connectivity index (χ2n) is 4.87. The Morgan fingerprint density at radius 2 is 2.07 bits per heavy atom. The van der Waals surface area contributed by atoms with E-state index in [4.69, 9.17) is 5.26 Å². The Bertz CT molecular complexity index is 390. The first-order chi connectivity index (χ1) is 6.48. The average Bonchev–Trinajstić information content (AvgIpc) is 2.73. The van der Waals surface area contributed by atoms with Crippen molar-refractivity contribution >= 4 is 11.5 Å². The maximum Gasteiger partial charge on any atom is 0.147 e. The van der Waals surface area contributed by atoms with Crippen molar-refractivity contribution in [3.63, 3.8) is 0 Å². The molecule has 1 aliphatic rings. The molecule has 0 aromatic carbocycles. The van der Waals surface area contributed by atoms with Gasteiger partial charge in [-0.25, -0.2) is 4.98 Å². The maximum absolute atomic E-state index is 9.01. The molecule has 1 aliphatic carbocycles. The summed E-state index contributed by atoms with van der Waals surface area (Å²) in [5, 5.41) is 9.92. The Hall–Kier alpha value is -0.950. The Morgan fingerprint density at radius 3 is 2.43 bits per heavy atom. The van der Waals surface area contributed by atoms with E-state index in [0.717, 1.165) is 23.7 Å². The van der Waals surface area contributed by atoms with Crippen LogP contribution in [0, 0.1) is 11.3 Å². The topological polar surface area (TPSA) is 49.6 Å². The fourth-order valence-corrected chi connectivity index (χ4v) is 2.26. The lowest BCUT2D eigenvalue weighted by Gasteiger charge is -2.12. The molecule has 2 rings (SSSR count). The van der Waals surface area contributed by atoms with E-state index in [0.29, 0.717) is 0 Å². The summed E-state index contributed by atoms with van der Waals surface area (Å²) in [6.45, 7) is 6.26. The number of aromatic nitrogens is 2. The molecular weight excluding hydrogens is 194 g/mol. The summed E-state index contributed by atoms with van der Waals surface area (Å²) >= 11 is 1.39. The van der Waals surface area contributed by atoms with Crippen LogP contribution < -0.4 is 0 Å². The first kappa shape index (κ1) is 9.60. The van der Waals surface area contributed by atoms with Gasteiger partial charge in [-0.05, 0) is 24.4 Å². The molecule has 0 radical (unpaired) electrons. The van der Waals surface area contributed by atoms with Crippen molar-refractivity contribution in [2.75, 3.05) is 0 Å². The number of hydrogen-bond donors (Lipinski definition) is 0. The van der Waals surface area contributed by atoms with E-state index in [1.54, 1.807) is 0 Å². The van der Waals surface area contributed by atoms with Crippen LogP contribution in [0.3, 0.4) is 0 Å². The van der Waals surface area contributed by atoms with Gasteiger partial charge < -0.3 is 0 Å². The lowest BCUT2D eigenvalue weighted by Crippen LogP contribution is -2.14. The van der Waals surface area contributed by atoms with Gasteiger partial charge in [-0.15, -0.1) is 0 Å². The minimum Gasteiger partial charge on any atom is -0.222 e. The summed E-state index contributed by atoms with van der Waals surface area (Å²) in [6.07, 6.45) is 1.89. The molecule has 0 unspecified atom stereocenters. The van der Waals surface area contributed by atoms with Gasteiger partial charge in [-0.3, -0.25) is 0 Å². The Labute approximate surface area is 88.0 Å². The van der Waals surface area contributed by atoms with E-state index >= 15 is 0 Å². The lowest BCUT2D eigenvalue weighted by atomic mass is 9.96. The minimum atomic E-state index is -0.277. The quantitative estimate of drug-likeness (QED) is 0.710. The van der Waals surface area contributed by atoms with Crippen molar-refractivity contribution in [3.05, 3.63) is 10.8 Å². The molecule has 1 heterocycles. The van der Waals surface area contributed by atoms with Crippen molar-refractivity contribution in [1.82, 2.24) is 9.36 Å². The largest absolute Gasteiger partial charge is 0.222 e. The smallest absolute Gasteiger partial charge is 0.147 e. The molecular formula is C10H13N3S. The maximum atomic E-state index is 9.01. The summed E-state index contributed by atoms with van der Waals surface area (Å²) in [5.41, 5.74) is -0.290. The first-order valence-corrected chi connectivity index (χ1v) is 5.51. The Morgan fingerprint density at radius 1 is 1.43 bits per heavy atom. The standard InChI is InChI=1S/C10H13N3S/c1-9(2,3)7-12-8(14-13-7)10(6-11)4-5-10/h4-5H2,1-3H3. The molecule has 0 spiro atoms. The monoisotopic (exact) mass is 207 g/mol. The summed E-state index contributed by atoms with van der Waals surface area (Å²) in [5.74, 6) is 0.860. The van der Waals surface area contributed by atoms with Gasteiger partial charge >= 0.3 is 0 Å². The third-order valence-electron chi connectivity index (χ3n) is 2.47. The molecule has 74 valence electrons. The van der Waals surface area contributed by atoms with E-state index < -0.39 is 0 Å². The predicted molar refractivity (Wildman–Crippen MR) is 55.1 cm³/mol. The average molecular weight is 207 g/mol. The van der Waals surface area contributed by atoms with Gasteiger partial charge in [0.15, 0.2) is 0 Å². The normalized spacial score (nSPS) is 19.0. The van der Waals surface area contributed by atoms with Crippen molar-refractivity contribution in [3.8, 4) is 6.07 Å². The highest BCUT2D eigenvalue weighted by Crippen LogP contribution is 2.48. The van der Waals surface area contributed by atoms with E-state index in [2.05, 4.69) is 36.2 Å². The number of hydrogen-bond acceptors (Lipinski definition) is 4. The fraction of sp³-hybridized carbons (Fsp3) is 0.700. The fourth-order valence-electron chi connectivity index (χ4n) is 1.22. The van der Waals surface area contributed by atoms with Crippen LogP contribution in [0.4, 0.5) is 0 Å². The van der Waals surface area contributed by atoms with E-state index in [-0.39, 0.29) is 10.8 Å². The molecule has 1 saturated carbocycles. The molecule has 1 aromatic rings. The van der Waals surface area contributed by atoms with Crippen LogP contribution in [0.1, 0.15) is 44.4 Å². The highest BCUT2D eigenvalue weighted by atomic mass is 32.1. The summed E-state index contributed by atoms with van der Waals surface area (Å²) < 4.78 is 4.32. The van der Waals surface area contributed by atoms with Crippen molar-refractivity contribution < 1.29 is 0 Å². The van der Waals surface area contributed by atoms with Gasteiger partial charge in [-0.2, -0.15) is 9.64 Å². The van der Waals surface area contributed by atoms with Gasteiger partial charge in [0.25, 0.3) is 0 Å². The molecule has 0 N–H and O–H groups in total. The van der Waals surface area contributed by atoms with Crippen LogP contribution in [-0.4, -0.2) is 9.36 Å². The molecule has 0 amide bonds. The van der Waals surface area contributed by atoms with Crippen LogP contribution in [0.2, 0.25) is 0 Å². The van der Waals surface area contributed by atoms with E-state index in [1.165, 1.54) is 11.5 Å². The zero-order valence-corrected chi connectivity index (χ0v) is 9.48. The molecule has 1 aromatic heterocycles. The summed E-state index contributed by atoms with van der Waals surface area (Å²) in [4.78, 5) is 4.47. The molecule has 3 nitrogen and oxygen atoms in total. The second kappa shape index (κ2) is 2.77. The molecule has 0 saturated heterocycles. The van der Waals surface area contributed by atoms with Crippen LogP contribution >= 0.6 is 11.5 Å². The third-order valence-corrected chi connectivity index (χ3v) is 3.39. The molecule has 0 aliphatic heterocycles. The summed E-state index contributed by atoms with van der Waals surface area (Å²) in [6, 6.07) is 2.34. The SMILES string of the molecule is CC(C)(C)c1nsc(C2(C#N)CC2)n1. The highest BCUT2D eigenvalue weighted by molar-refractivity contribution is 7.05. The van der Waals surface area contributed by atoms with Crippen LogP contribution in [-0.2, 0) is 10.8 Å². The van der Waals surface area contributed by atoms with Gasteiger partial charge in [0.2, 0.25) is 0 Å². The zero-order chi connectivity index (χ0) is 10.4. The molecule has 1 fully saturated rings. The molecule has 4 heteroatoms. The zero-order valence-electron chi connectivity index (χ0n) is 8.66. The Balaban J connectivity index is 2.32. The summed E-state index contributed by atoms with van der Waals surface area (Å²) in [7, 11) is 0. The minimum absolute atomic E-state index is 0.0136. The van der Waals surface area contributed by atoms with Crippen LogP contribution in [0.25, 0.3) is 0 Å². The highest BCUT2D eigenvalue weighted by Gasteiger charge is 2.48. The van der Waals surface area contributed by atoms with Gasteiger partial charge in [-0.1, -0.05) is 20.8 Å². The lowest BCUT2D eigenvalue weighted by molar-refractivity contribution is 0.551. The number of nitriles is 1. The van der Waals surface area contributed by atoms with Crippen LogP contribution in [0.5, 0.6) is 0 Å². The first-order valence-electron chi connectivity index (χ1n) is 4.74. The second-order valence-corrected chi connectivity index (χ2v) is 5.62. The third kappa shape index (κ3) is 1.42. The number of nitrogens with zero attached hydrogens (tertiary/aromatic N) is 3. The van der Waals surface area contributed by atoms with Crippen molar-refractivity contribution in [2.45, 2.75) is 44.4 Å². The van der Waals surface area contributed by atoms with Crippen LogP contribution in [0.15, 0.2) is 0 Å². The van der Waals surface area contributed by atoms with Gasteiger partial charge in [0.05, 0.1) is 6.07 Å². The predicted octanol–water partition coefficient (Wildman–Crippen LogP) is 2.39. The van der Waals surface area contributed by atoms with Crippen molar-refractivity contribution in [2.24, 2.45) is 0 Å². The molecule has 0 atom stereocenters. The van der Waals surface area contributed by atoms with E-state index in [9.17, 15) is 0 Å². The van der Waals surface area contributed by atoms with Gasteiger partial charge in [0.1, 0.15) is 16.2 Å². The number of rotatable bonds is 1.